The van der Waals surface area contributed by atoms with Gasteiger partial charge in [0.15, 0.2) is 5.12 Å². The standard InChI is InChI=1S/C12H12ClNOS/c1-9-7-12(13)14-8-11(9)5-3-4-6-16-10(2)15/h7-8H,4,6H2,1-2H3. The summed E-state index contributed by atoms with van der Waals surface area (Å²) >= 11 is 7.03. The third kappa shape index (κ3) is 4.69. The molecule has 84 valence electrons. The summed E-state index contributed by atoms with van der Waals surface area (Å²) < 4.78 is 0. The third-order valence-electron chi connectivity index (χ3n) is 1.83. The fourth-order valence-corrected chi connectivity index (χ4v) is 1.76. The van der Waals surface area contributed by atoms with Gasteiger partial charge in [0.05, 0.1) is 0 Å². The minimum Gasteiger partial charge on any atom is -0.288 e. The van der Waals surface area contributed by atoms with Gasteiger partial charge in [-0.1, -0.05) is 35.2 Å². The molecule has 2 nitrogen and oxygen atoms in total. The summed E-state index contributed by atoms with van der Waals surface area (Å²) in [5.74, 6) is 6.77. The van der Waals surface area contributed by atoms with Gasteiger partial charge in [0.2, 0.25) is 0 Å². The van der Waals surface area contributed by atoms with Gasteiger partial charge in [-0.05, 0) is 18.6 Å². The van der Waals surface area contributed by atoms with Crippen LogP contribution in [0.4, 0.5) is 0 Å². The van der Waals surface area contributed by atoms with Gasteiger partial charge < -0.3 is 0 Å². The number of nitrogens with zero attached hydrogens (tertiary/aromatic N) is 1. The first-order chi connectivity index (χ1) is 7.59. The van der Waals surface area contributed by atoms with Crippen molar-refractivity contribution in [3.8, 4) is 11.8 Å². The number of pyridine rings is 1. The molecule has 0 aromatic carbocycles. The highest BCUT2D eigenvalue weighted by Crippen LogP contribution is 2.10. The van der Waals surface area contributed by atoms with E-state index in [4.69, 9.17) is 11.6 Å². The third-order valence-corrected chi connectivity index (χ3v) is 2.85. The minimum absolute atomic E-state index is 0.131. The van der Waals surface area contributed by atoms with Crippen LogP contribution in [0.3, 0.4) is 0 Å². The zero-order chi connectivity index (χ0) is 12.0. The van der Waals surface area contributed by atoms with E-state index >= 15 is 0 Å². The first-order valence-corrected chi connectivity index (χ1v) is 6.20. The summed E-state index contributed by atoms with van der Waals surface area (Å²) in [6.07, 6.45) is 2.37. The maximum Gasteiger partial charge on any atom is 0.185 e. The lowest BCUT2D eigenvalue weighted by Gasteiger charge is -1.96. The Morgan fingerprint density at radius 3 is 3.00 bits per heavy atom. The van der Waals surface area contributed by atoms with E-state index in [1.807, 2.05) is 6.92 Å². The van der Waals surface area contributed by atoms with Gasteiger partial charge in [-0.2, -0.15) is 0 Å². The van der Waals surface area contributed by atoms with Crippen molar-refractivity contribution in [2.75, 3.05) is 5.75 Å². The molecule has 0 radical (unpaired) electrons. The molecule has 1 aromatic rings. The molecule has 0 atom stereocenters. The maximum atomic E-state index is 10.7. The van der Waals surface area contributed by atoms with Crippen LogP contribution in [0.15, 0.2) is 12.3 Å². The molecule has 0 saturated heterocycles. The van der Waals surface area contributed by atoms with Crippen molar-refractivity contribution in [2.45, 2.75) is 20.3 Å². The second kappa shape index (κ2) is 6.57. The van der Waals surface area contributed by atoms with Crippen molar-refractivity contribution in [3.05, 3.63) is 28.5 Å². The molecule has 1 heterocycles. The van der Waals surface area contributed by atoms with Crippen LogP contribution in [0.25, 0.3) is 0 Å². The maximum absolute atomic E-state index is 10.7. The van der Waals surface area contributed by atoms with Crippen LogP contribution < -0.4 is 0 Å². The fourth-order valence-electron chi connectivity index (χ4n) is 1.06. The van der Waals surface area contributed by atoms with E-state index in [9.17, 15) is 4.79 Å². The van der Waals surface area contributed by atoms with E-state index in [0.717, 1.165) is 16.9 Å². The quantitative estimate of drug-likeness (QED) is 0.461. The number of hydrogen-bond donors (Lipinski definition) is 0. The van der Waals surface area contributed by atoms with Crippen LogP contribution in [0.5, 0.6) is 0 Å². The Kier molecular flexibility index (Phi) is 5.37. The molecular formula is C12H12ClNOS. The van der Waals surface area contributed by atoms with Gasteiger partial charge in [0.1, 0.15) is 5.15 Å². The largest absolute Gasteiger partial charge is 0.288 e. The van der Waals surface area contributed by atoms with E-state index < -0.39 is 0 Å². The predicted molar refractivity (Wildman–Crippen MR) is 68.6 cm³/mol. The molecule has 16 heavy (non-hydrogen) atoms. The molecule has 0 fully saturated rings. The number of aromatic nitrogens is 1. The molecular weight excluding hydrogens is 242 g/mol. The number of thioether (sulfide) groups is 1. The predicted octanol–water partition coefficient (Wildman–Crippen LogP) is 3.06. The average Bonchev–Trinajstić information content (AvgIpc) is 2.20. The van der Waals surface area contributed by atoms with Gasteiger partial charge in [-0.15, -0.1) is 0 Å². The summed E-state index contributed by atoms with van der Waals surface area (Å²) in [6, 6.07) is 1.79. The number of hydrogen-bond acceptors (Lipinski definition) is 3. The summed E-state index contributed by atoms with van der Waals surface area (Å²) in [5, 5.41) is 0.612. The number of carbonyl (C=O) groups is 1. The molecule has 0 spiro atoms. The Morgan fingerprint density at radius 2 is 2.38 bits per heavy atom. The van der Waals surface area contributed by atoms with Crippen molar-refractivity contribution in [1.29, 1.82) is 0 Å². The van der Waals surface area contributed by atoms with Gasteiger partial charge in [-0.25, -0.2) is 4.98 Å². The molecule has 0 bridgehead atoms. The van der Waals surface area contributed by atoms with Crippen LogP contribution in [0.2, 0.25) is 5.15 Å². The summed E-state index contributed by atoms with van der Waals surface area (Å²) in [6.45, 7) is 3.51. The average molecular weight is 254 g/mol. The molecule has 0 aliphatic heterocycles. The molecule has 0 saturated carbocycles. The topological polar surface area (TPSA) is 30.0 Å². The molecule has 1 aromatic heterocycles. The van der Waals surface area contributed by atoms with Crippen molar-refractivity contribution in [1.82, 2.24) is 4.98 Å². The Balaban J connectivity index is 2.53. The second-order valence-corrected chi connectivity index (χ2v) is 4.87. The van der Waals surface area contributed by atoms with Crippen LogP contribution in [0.1, 0.15) is 24.5 Å². The Bertz CT molecular complexity index is 448. The first kappa shape index (κ1) is 13.1. The zero-order valence-electron chi connectivity index (χ0n) is 9.21. The Morgan fingerprint density at radius 1 is 1.62 bits per heavy atom. The molecule has 0 N–H and O–H groups in total. The van der Waals surface area contributed by atoms with Crippen LogP contribution >= 0.6 is 23.4 Å². The van der Waals surface area contributed by atoms with Crippen molar-refractivity contribution < 1.29 is 4.79 Å². The SMILES string of the molecule is CC(=O)SCCC#Cc1cnc(Cl)cc1C. The van der Waals surface area contributed by atoms with E-state index in [1.165, 1.54) is 11.8 Å². The monoisotopic (exact) mass is 253 g/mol. The highest BCUT2D eigenvalue weighted by Gasteiger charge is 1.96. The summed E-state index contributed by atoms with van der Waals surface area (Å²) in [5.41, 5.74) is 1.91. The first-order valence-electron chi connectivity index (χ1n) is 4.84. The Labute approximate surface area is 105 Å². The number of carbonyl (C=O) groups excluding carboxylic acids is 1. The van der Waals surface area contributed by atoms with Crippen LogP contribution in [-0.4, -0.2) is 15.9 Å². The zero-order valence-corrected chi connectivity index (χ0v) is 10.8. The van der Waals surface area contributed by atoms with E-state index in [0.29, 0.717) is 11.6 Å². The summed E-state index contributed by atoms with van der Waals surface area (Å²) in [4.78, 5) is 14.6. The molecule has 0 aliphatic carbocycles. The number of aryl methyl sites for hydroxylation is 1. The smallest absolute Gasteiger partial charge is 0.185 e. The second-order valence-electron chi connectivity index (χ2n) is 3.21. The van der Waals surface area contributed by atoms with E-state index in [2.05, 4.69) is 16.8 Å². The van der Waals surface area contributed by atoms with Crippen molar-refractivity contribution in [3.63, 3.8) is 0 Å². The van der Waals surface area contributed by atoms with E-state index in [-0.39, 0.29) is 5.12 Å². The molecule has 4 heteroatoms. The lowest BCUT2D eigenvalue weighted by molar-refractivity contribution is -0.109. The highest BCUT2D eigenvalue weighted by atomic mass is 35.5. The van der Waals surface area contributed by atoms with Crippen molar-refractivity contribution in [2.24, 2.45) is 0 Å². The minimum atomic E-state index is 0.131. The summed E-state index contributed by atoms with van der Waals surface area (Å²) in [7, 11) is 0. The number of rotatable bonds is 2. The molecule has 0 amide bonds. The van der Waals surface area contributed by atoms with Crippen molar-refractivity contribution >= 4 is 28.5 Å². The number of halogens is 1. The lowest BCUT2D eigenvalue weighted by Crippen LogP contribution is -1.86. The fraction of sp³-hybridized carbons (Fsp3) is 0.333. The normalized spacial score (nSPS) is 9.44. The van der Waals surface area contributed by atoms with Crippen LogP contribution in [-0.2, 0) is 4.79 Å². The van der Waals surface area contributed by atoms with E-state index in [1.54, 1.807) is 19.2 Å². The molecule has 0 aliphatic rings. The molecule has 0 unspecified atom stereocenters. The van der Waals surface area contributed by atoms with Crippen LogP contribution in [0, 0.1) is 18.8 Å². The van der Waals surface area contributed by atoms with Gasteiger partial charge in [-0.3, -0.25) is 4.79 Å². The molecule has 1 rings (SSSR count). The lowest BCUT2D eigenvalue weighted by atomic mass is 10.2. The van der Waals surface area contributed by atoms with Gasteiger partial charge in [0, 0.05) is 30.9 Å². The van der Waals surface area contributed by atoms with Gasteiger partial charge >= 0.3 is 0 Å². The highest BCUT2D eigenvalue weighted by molar-refractivity contribution is 8.13. The Hall–Kier alpha value is -0.980. The van der Waals surface area contributed by atoms with Gasteiger partial charge in [0.25, 0.3) is 0 Å².